The van der Waals surface area contributed by atoms with Gasteiger partial charge in [0.1, 0.15) is 5.75 Å². The van der Waals surface area contributed by atoms with Gasteiger partial charge in [0.15, 0.2) is 0 Å². The number of halogens is 2. The Labute approximate surface area is 204 Å². The number of piperazine rings is 1. The Kier molecular flexibility index (Phi) is 10.1. The molecule has 1 fully saturated rings. The van der Waals surface area contributed by atoms with E-state index in [-0.39, 0.29) is 36.8 Å². The first kappa shape index (κ1) is 26.3. The summed E-state index contributed by atoms with van der Waals surface area (Å²) in [6.07, 6.45) is 2.44. The molecule has 0 unspecified atom stereocenters. The number of ether oxygens (including phenoxy) is 1. The second-order valence-corrected chi connectivity index (χ2v) is 8.51. The Morgan fingerprint density at radius 1 is 0.938 bits per heavy atom. The van der Waals surface area contributed by atoms with E-state index in [0.29, 0.717) is 13.0 Å². The third-order valence-electron chi connectivity index (χ3n) is 6.09. The molecule has 2 aromatic rings. The molecule has 2 aliphatic heterocycles. The fourth-order valence-corrected chi connectivity index (χ4v) is 4.48. The number of nitrogens with zero attached hydrogens (tertiary/aromatic N) is 3. The SMILES string of the molecule is CC(C)N1C(=O)CCc2ccc(OCCCN3CCN(c4ccccc4)CC3)cc21.Cl.Cl. The number of anilines is 2. The lowest BCUT2D eigenvalue weighted by molar-refractivity contribution is -0.119. The van der Waals surface area contributed by atoms with Crippen LogP contribution in [0, 0.1) is 0 Å². The normalized spacial score (nSPS) is 16.3. The number of aryl methyl sites for hydroxylation is 1. The maximum atomic E-state index is 12.3. The number of para-hydroxylation sites is 1. The van der Waals surface area contributed by atoms with Crippen LogP contribution in [-0.4, -0.2) is 56.2 Å². The van der Waals surface area contributed by atoms with Gasteiger partial charge in [-0.25, -0.2) is 0 Å². The lowest BCUT2D eigenvalue weighted by Gasteiger charge is -2.36. The Balaban J connectivity index is 0.00000181. The van der Waals surface area contributed by atoms with Gasteiger partial charge >= 0.3 is 0 Å². The fourth-order valence-electron chi connectivity index (χ4n) is 4.48. The average molecular weight is 480 g/mol. The van der Waals surface area contributed by atoms with Gasteiger partial charge in [-0.05, 0) is 50.5 Å². The molecular weight excluding hydrogens is 445 g/mol. The van der Waals surface area contributed by atoms with Crippen LogP contribution in [0.4, 0.5) is 11.4 Å². The van der Waals surface area contributed by atoms with Gasteiger partial charge in [-0.1, -0.05) is 24.3 Å². The molecular formula is C25H35Cl2N3O2. The number of rotatable bonds is 7. The van der Waals surface area contributed by atoms with Crippen molar-refractivity contribution in [1.82, 2.24) is 4.90 Å². The number of hydrogen-bond donors (Lipinski definition) is 0. The van der Waals surface area contributed by atoms with Crippen molar-refractivity contribution in [3.05, 3.63) is 54.1 Å². The summed E-state index contributed by atoms with van der Waals surface area (Å²) >= 11 is 0. The lowest BCUT2D eigenvalue weighted by atomic mass is 9.99. The summed E-state index contributed by atoms with van der Waals surface area (Å²) in [6, 6.07) is 17.0. The van der Waals surface area contributed by atoms with Crippen LogP contribution in [0.1, 0.15) is 32.3 Å². The molecule has 2 aromatic carbocycles. The van der Waals surface area contributed by atoms with Gasteiger partial charge in [0.25, 0.3) is 0 Å². The quantitative estimate of drug-likeness (QED) is 0.533. The van der Waals surface area contributed by atoms with Crippen molar-refractivity contribution >= 4 is 42.1 Å². The van der Waals surface area contributed by atoms with Gasteiger partial charge in [-0.15, -0.1) is 24.8 Å². The zero-order valence-electron chi connectivity index (χ0n) is 19.0. The number of benzene rings is 2. The Morgan fingerprint density at radius 3 is 2.34 bits per heavy atom. The number of fused-ring (bicyclic) bond motifs is 1. The summed E-state index contributed by atoms with van der Waals surface area (Å²) in [6.45, 7) is 10.2. The minimum absolute atomic E-state index is 0. The van der Waals surface area contributed by atoms with Gasteiger partial charge in [0.2, 0.25) is 5.91 Å². The molecule has 0 atom stereocenters. The zero-order chi connectivity index (χ0) is 20.9. The van der Waals surface area contributed by atoms with E-state index in [4.69, 9.17) is 4.74 Å². The van der Waals surface area contributed by atoms with Crippen LogP contribution in [0.5, 0.6) is 5.75 Å². The molecule has 5 nitrogen and oxygen atoms in total. The number of carbonyl (C=O) groups is 1. The molecule has 1 saturated heterocycles. The summed E-state index contributed by atoms with van der Waals surface area (Å²) in [7, 11) is 0. The molecule has 0 saturated carbocycles. The van der Waals surface area contributed by atoms with Gasteiger partial charge in [-0.3, -0.25) is 9.69 Å². The molecule has 7 heteroatoms. The molecule has 4 rings (SSSR count). The predicted molar refractivity (Wildman–Crippen MR) is 137 cm³/mol. The minimum atomic E-state index is 0. The van der Waals surface area contributed by atoms with E-state index >= 15 is 0 Å². The fraction of sp³-hybridized carbons (Fsp3) is 0.480. The molecule has 1 amide bonds. The highest BCUT2D eigenvalue weighted by molar-refractivity contribution is 5.97. The van der Waals surface area contributed by atoms with Crippen molar-refractivity contribution in [1.29, 1.82) is 0 Å². The number of amides is 1. The van der Waals surface area contributed by atoms with Crippen molar-refractivity contribution in [2.45, 2.75) is 39.2 Å². The maximum Gasteiger partial charge on any atom is 0.227 e. The largest absolute Gasteiger partial charge is 0.493 e. The van der Waals surface area contributed by atoms with E-state index in [1.165, 1.54) is 11.3 Å². The summed E-state index contributed by atoms with van der Waals surface area (Å²) in [5.74, 6) is 1.08. The van der Waals surface area contributed by atoms with Crippen LogP contribution in [-0.2, 0) is 11.2 Å². The Hall–Kier alpha value is -1.95. The number of hydrogen-bond acceptors (Lipinski definition) is 4. The highest BCUT2D eigenvalue weighted by atomic mass is 35.5. The highest BCUT2D eigenvalue weighted by Crippen LogP contribution is 2.33. The Bertz CT molecular complexity index is 856. The van der Waals surface area contributed by atoms with Crippen LogP contribution < -0.4 is 14.5 Å². The van der Waals surface area contributed by atoms with Crippen LogP contribution >= 0.6 is 24.8 Å². The zero-order valence-corrected chi connectivity index (χ0v) is 20.7. The first-order valence-corrected chi connectivity index (χ1v) is 11.2. The summed E-state index contributed by atoms with van der Waals surface area (Å²) in [5.41, 5.74) is 3.59. The topological polar surface area (TPSA) is 36.0 Å². The molecule has 0 spiro atoms. The van der Waals surface area contributed by atoms with Crippen molar-refractivity contribution < 1.29 is 9.53 Å². The average Bonchev–Trinajstić information content (AvgIpc) is 2.77. The van der Waals surface area contributed by atoms with E-state index in [1.807, 2.05) is 17.0 Å². The van der Waals surface area contributed by atoms with Gasteiger partial charge in [0.05, 0.1) is 12.3 Å². The predicted octanol–water partition coefficient (Wildman–Crippen LogP) is 4.81. The molecule has 2 heterocycles. The summed E-state index contributed by atoms with van der Waals surface area (Å²) in [4.78, 5) is 19.2. The van der Waals surface area contributed by atoms with E-state index in [2.05, 4.69) is 60.0 Å². The van der Waals surface area contributed by atoms with Crippen LogP contribution in [0.15, 0.2) is 48.5 Å². The van der Waals surface area contributed by atoms with Crippen molar-refractivity contribution in [3.63, 3.8) is 0 Å². The van der Waals surface area contributed by atoms with E-state index in [0.717, 1.165) is 57.0 Å². The van der Waals surface area contributed by atoms with Gasteiger partial charge in [-0.2, -0.15) is 0 Å². The molecule has 0 aliphatic carbocycles. The standard InChI is InChI=1S/C25H33N3O2.2ClH/c1-20(2)28-24-19-23(11-9-21(24)10-12-25(28)29)30-18-6-13-26-14-16-27(17-15-26)22-7-4-3-5-8-22;;/h3-5,7-9,11,19-20H,6,10,12-18H2,1-2H3;2*1H. The molecule has 2 aliphatic rings. The number of carbonyl (C=O) groups excluding carboxylic acids is 1. The third kappa shape index (κ3) is 6.31. The monoisotopic (exact) mass is 479 g/mol. The molecule has 32 heavy (non-hydrogen) atoms. The van der Waals surface area contributed by atoms with E-state index in [9.17, 15) is 4.79 Å². The second kappa shape index (κ2) is 12.3. The van der Waals surface area contributed by atoms with Gasteiger partial charge < -0.3 is 14.5 Å². The van der Waals surface area contributed by atoms with E-state index in [1.54, 1.807) is 0 Å². The minimum Gasteiger partial charge on any atom is -0.493 e. The van der Waals surface area contributed by atoms with Crippen LogP contribution in [0.3, 0.4) is 0 Å². The highest BCUT2D eigenvalue weighted by Gasteiger charge is 2.26. The lowest BCUT2D eigenvalue weighted by Crippen LogP contribution is -2.46. The van der Waals surface area contributed by atoms with Crippen LogP contribution in [0.2, 0.25) is 0 Å². The third-order valence-corrected chi connectivity index (χ3v) is 6.09. The van der Waals surface area contributed by atoms with Gasteiger partial charge in [0, 0.05) is 56.9 Å². The second-order valence-electron chi connectivity index (χ2n) is 8.51. The first-order valence-electron chi connectivity index (χ1n) is 11.2. The molecule has 0 radical (unpaired) electrons. The Morgan fingerprint density at radius 2 is 1.66 bits per heavy atom. The molecule has 0 N–H and O–H groups in total. The smallest absolute Gasteiger partial charge is 0.227 e. The van der Waals surface area contributed by atoms with E-state index < -0.39 is 0 Å². The molecule has 0 bridgehead atoms. The van der Waals surface area contributed by atoms with Crippen molar-refractivity contribution in [3.8, 4) is 5.75 Å². The first-order chi connectivity index (χ1) is 14.6. The molecule has 176 valence electrons. The molecule has 0 aromatic heterocycles. The summed E-state index contributed by atoms with van der Waals surface area (Å²) in [5, 5.41) is 0. The summed E-state index contributed by atoms with van der Waals surface area (Å²) < 4.78 is 6.04. The maximum absolute atomic E-state index is 12.3. The van der Waals surface area contributed by atoms with Crippen molar-refractivity contribution in [2.24, 2.45) is 0 Å². The van der Waals surface area contributed by atoms with Crippen LogP contribution in [0.25, 0.3) is 0 Å². The van der Waals surface area contributed by atoms with Crippen molar-refractivity contribution in [2.75, 3.05) is 49.1 Å².